The number of hydrogen-bond donors (Lipinski definition) is 1. The first-order valence-corrected chi connectivity index (χ1v) is 9.58. The molecular weight excluding hydrogens is 328 g/mol. The predicted octanol–water partition coefficient (Wildman–Crippen LogP) is 3.72. The Bertz CT molecular complexity index is 687. The fourth-order valence-electron chi connectivity index (χ4n) is 3.98. The van der Waals surface area contributed by atoms with Crippen molar-refractivity contribution in [2.75, 3.05) is 19.0 Å². The van der Waals surface area contributed by atoms with Crippen LogP contribution in [0.1, 0.15) is 58.4 Å². The van der Waals surface area contributed by atoms with E-state index in [9.17, 15) is 9.59 Å². The van der Waals surface area contributed by atoms with Crippen LogP contribution in [-0.4, -0.2) is 36.4 Å². The zero-order valence-electron chi connectivity index (χ0n) is 16.3. The smallest absolute Gasteiger partial charge is 0.229 e. The van der Waals surface area contributed by atoms with Crippen LogP contribution >= 0.6 is 0 Å². The van der Waals surface area contributed by atoms with Crippen molar-refractivity contribution >= 4 is 17.5 Å². The first kappa shape index (κ1) is 18.7. The number of methoxy groups -OCH3 is 1. The van der Waals surface area contributed by atoms with Gasteiger partial charge in [-0.1, -0.05) is 39.7 Å². The molecule has 3 rings (SSSR count). The minimum absolute atomic E-state index is 0.0195. The van der Waals surface area contributed by atoms with E-state index >= 15 is 0 Å². The molecule has 0 bridgehead atoms. The molecule has 1 saturated heterocycles. The van der Waals surface area contributed by atoms with Crippen molar-refractivity contribution in [1.82, 2.24) is 4.90 Å². The van der Waals surface area contributed by atoms with Crippen LogP contribution in [0.3, 0.4) is 0 Å². The number of nitrogens with one attached hydrogen (secondary N) is 1. The van der Waals surface area contributed by atoms with E-state index in [1.807, 2.05) is 23.1 Å². The third-order valence-corrected chi connectivity index (χ3v) is 5.62. The largest absolute Gasteiger partial charge is 0.495 e. The van der Waals surface area contributed by atoms with Crippen LogP contribution in [-0.2, 0) is 15.0 Å². The number of amides is 2. The van der Waals surface area contributed by atoms with Crippen molar-refractivity contribution in [2.45, 2.75) is 64.3 Å². The predicted molar refractivity (Wildman–Crippen MR) is 102 cm³/mol. The Kier molecular flexibility index (Phi) is 5.26. The van der Waals surface area contributed by atoms with Crippen molar-refractivity contribution in [2.24, 2.45) is 5.92 Å². The summed E-state index contributed by atoms with van der Waals surface area (Å²) in [5, 5.41) is 3.00. The summed E-state index contributed by atoms with van der Waals surface area (Å²) in [5.74, 6) is 0.380. The summed E-state index contributed by atoms with van der Waals surface area (Å²) in [6, 6.07) is 6.22. The SMILES string of the molecule is COc1ccc(C(C)(C)C)cc1NC(=O)C1CC(=O)N(C2CCCC2)C1. The highest BCUT2D eigenvalue weighted by atomic mass is 16.5. The first-order valence-electron chi connectivity index (χ1n) is 9.58. The van der Waals surface area contributed by atoms with Crippen LogP contribution < -0.4 is 10.1 Å². The molecule has 1 heterocycles. The van der Waals surface area contributed by atoms with Crippen LogP contribution in [0.2, 0.25) is 0 Å². The Morgan fingerprint density at radius 1 is 1.23 bits per heavy atom. The van der Waals surface area contributed by atoms with E-state index in [0.717, 1.165) is 18.4 Å². The molecule has 142 valence electrons. The molecule has 1 saturated carbocycles. The summed E-state index contributed by atoms with van der Waals surface area (Å²) in [6.45, 7) is 6.94. The molecular formula is C21H30N2O3. The molecule has 0 radical (unpaired) electrons. The standard InChI is InChI=1S/C21H30N2O3/c1-21(2,3)15-9-10-18(26-4)17(12-15)22-20(25)14-11-19(24)23(13-14)16-7-5-6-8-16/h9-10,12,14,16H,5-8,11,13H2,1-4H3,(H,22,25). The summed E-state index contributed by atoms with van der Waals surface area (Å²) >= 11 is 0. The molecule has 1 aromatic carbocycles. The van der Waals surface area contributed by atoms with Gasteiger partial charge in [0.15, 0.2) is 0 Å². The van der Waals surface area contributed by atoms with E-state index in [0.29, 0.717) is 30.4 Å². The van der Waals surface area contributed by atoms with Gasteiger partial charge >= 0.3 is 0 Å². The Morgan fingerprint density at radius 3 is 2.54 bits per heavy atom. The van der Waals surface area contributed by atoms with Gasteiger partial charge in [-0.05, 0) is 36.0 Å². The number of carbonyl (C=O) groups is 2. The maximum absolute atomic E-state index is 12.8. The molecule has 2 amide bonds. The lowest BCUT2D eigenvalue weighted by Gasteiger charge is -2.24. The van der Waals surface area contributed by atoms with Crippen molar-refractivity contribution in [3.63, 3.8) is 0 Å². The minimum atomic E-state index is -0.286. The topological polar surface area (TPSA) is 58.6 Å². The number of anilines is 1. The summed E-state index contributed by atoms with van der Waals surface area (Å²) in [4.78, 5) is 27.1. The molecule has 1 aliphatic carbocycles. The molecule has 1 aromatic rings. The molecule has 0 aromatic heterocycles. The van der Waals surface area contributed by atoms with Gasteiger partial charge < -0.3 is 15.0 Å². The summed E-state index contributed by atoms with van der Waals surface area (Å²) in [7, 11) is 1.60. The molecule has 2 aliphatic rings. The third kappa shape index (κ3) is 3.87. The number of carbonyl (C=O) groups excluding carboxylic acids is 2. The van der Waals surface area contributed by atoms with E-state index in [1.165, 1.54) is 12.8 Å². The van der Waals surface area contributed by atoms with Gasteiger partial charge in [-0.25, -0.2) is 0 Å². The highest BCUT2D eigenvalue weighted by Gasteiger charge is 2.38. The maximum atomic E-state index is 12.8. The van der Waals surface area contributed by atoms with Crippen LogP contribution in [0.4, 0.5) is 5.69 Å². The normalized spacial score (nSPS) is 21.3. The molecule has 1 aliphatic heterocycles. The lowest BCUT2D eigenvalue weighted by Crippen LogP contribution is -2.35. The number of benzene rings is 1. The molecule has 1 atom stereocenters. The number of likely N-dealkylation sites (tertiary alicyclic amines) is 1. The second-order valence-electron chi connectivity index (χ2n) is 8.54. The van der Waals surface area contributed by atoms with E-state index in [1.54, 1.807) is 7.11 Å². The van der Waals surface area contributed by atoms with Gasteiger partial charge in [0, 0.05) is 19.0 Å². The lowest BCUT2D eigenvalue weighted by atomic mass is 9.86. The number of rotatable bonds is 4. The molecule has 1 unspecified atom stereocenters. The highest BCUT2D eigenvalue weighted by molar-refractivity contribution is 5.98. The highest BCUT2D eigenvalue weighted by Crippen LogP contribution is 2.33. The van der Waals surface area contributed by atoms with Crippen LogP contribution in [0.25, 0.3) is 0 Å². The van der Waals surface area contributed by atoms with E-state index in [-0.39, 0.29) is 23.1 Å². The Balaban J connectivity index is 1.72. The zero-order chi connectivity index (χ0) is 18.9. The van der Waals surface area contributed by atoms with E-state index in [4.69, 9.17) is 4.74 Å². The van der Waals surface area contributed by atoms with Crippen molar-refractivity contribution in [3.8, 4) is 5.75 Å². The number of hydrogen-bond acceptors (Lipinski definition) is 3. The lowest BCUT2D eigenvalue weighted by molar-refractivity contribution is -0.129. The number of ether oxygens (including phenoxy) is 1. The summed E-state index contributed by atoms with van der Waals surface area (Å²) < 4.78 is 5.41. The third-order valence-electron chi connectivity index (χ3n) is 5.62. The molecule has 5 nitrogen and oxygen atoms in total. The van der Waals surface area contributed by atoms with Gasteiger partial charge in [-0.15, -0.1) is 0 Å². The number of nitrogens with zero attached hydrogens (tertiary/aromatic N) is 1. The van der Waals surface area contributed by atoms with E-state index in [2.05, 4.69) is 26.1 Å². The Labute approximate surface area is 156 Å². The molecule has 1 N–H and O–H groups in total. The average Bonchev–Trinajstić information content (AvgIpc) is 3.23. The minimum Gasteiger partial charge on any atom is -0.495 e. The fourth-order valence-corrected chi connectivity index (χ4v) is 3.98. The molecule has 0 spiro atoms. The van der Waals surface area contributed by atoms with Crippen molar-refractivity contribution in [1.29, 1.82) is 0 Å². The quantitative estimate of drug-likeness (QED) is 0.892. The van der Waals surface area contributed by atoms with Gasteiger partial charge in [0.1, 0.15) is 5.75 Å². The second kappa shape index (κ2) is 7.29. The fraction of sp³-hybridized carbons (Fsp3) is 0.619. The average molecular weight is 358 g/mol. The van der Waals surface area contributed by atoms with Gasteiger partial charge in [-0.3, -0.25) is 9.59 Å². The van der Waals surface area contributed by atoms with Crippen molar-refractivity contribution < 1.29 is 14.3 Å². The molecule has 2 fully saturated rings. The summed E-state index contributed by atoms with van der Waals surface area (Å²) in [6.07, 6.45) is 4.82. The van der Waals surface area contributed by atoms with Gasteiger partial charge in [-0.2, -0.15) is 0 Å². The second-order valence-corrected chi connectivity index (χ2v) is 8.54. The maximum Gasteiger partial charge on any atom is 0.229 e. The van der Waals surface area contributed by atoms with Crippen molar-refractivity contribution in [3.05, 3.63) is 23.8 Å². The molecule has 5 heteroatoms. The van der Waals surface area contributed by atoms with E-state index < -0.39 is 0 Å². The zero-order valence-corrected chi connectivity index (χ0v) is 16.3. The van der Waals surface area contributed by atoms with Crippen LogP contribution in [0.5, 0.6) is 5.75 Å². The Hall–Kier alpha value is -2.04. The van der Waals surface area contributed by atoms with Crippen LogP contribution in [0, 0.1) is 5.92 Å². The monoisotopic (exact) mass is 358 g/mol. The molecule has 26 heavy (non-hydrogen) atoms. The van der Waals surface area contributed by atoms with Gasteiger partial charge in [0.25, 0.3) is 0 Å². The van der Waals surface area contributed by atoms with Gasteiger partial charge in [0.05, 0.1) is 18.7 Å². The van der Waals surface area contributed by atoms with Crippen LogP contribution in [0.15, 0.2) is 18.2 Å². The Morgan fingerprint density at radius 2 is 1.92 bits per heavy atom. The van der Waals surface area contributed by atoms with Gasteiger partial charge in [0.2, 0.25) is 11.8 Å². The summed E-state index contributed by atoms with van der Waals surface area (Å²) in [5.41, 5.74) is 1.79. The first-order chi connectivity index (χ1) is 12.3.